The molecule has 1 aliphatic carbocycles. The Morgan fingerprint density at radius 1 is 1.37 bits per heavy atom. The lowest BCUT2D eigenvalue weighted by atomic mass is 9.75. The first kappa shape index (κ1) is 14.4. The predicted molar refractivity (Wildman–Crippen MR) is 78.3 cm³/mol. The van der Waals surface area contributed by atoms with Crippen LogP contribution in [0.15, 0.2) is 0 Å². The van der Waals surface area contributed by atoms with Crippen LogP contribution in [0.25, 0.3) is 0 Å². The summed E-state index contributed by atoms with van der Waals surface area (Å²) in [5, 5.41) is 14.0. The molecule has 1 N–H and O–H groups in total. The number of anilines is 1. The molecule has 0 bridgehead atoms. The first-order valence-electron chi connectivity index (χ1n) is 7.22. The summed E-state index contributed by atoms with van der Waals surface area (Å²) in [6.07, 6.45) is 4.98. The Kier molecular flexibility index (Phi) is 3.90. The molecule has 0 aromatic carbocycles. The Bertz CT molecular complexity index is 440. The van der Waals surface area contributed by atoms with Crippen LogP contribution in [-0.2, 0) is 13.7 Å². The Morgan fingerprint density at radius 2 is 1.95 bits per heavy atom. The van der Waals surface area contributed by atoms with Crippen LogP contribution in [-0.4, -0.2) is 28.0 Å². The minimum atomic E-state index is 0.0670. The maximum absolute atomic E-state index is 9.56. The van der Waals surface area contributed by atoms with E-state index in [1.54, 1.807) is 0 Å². The molecule has 108 valence electrons. The second-order valence-corrected chi connectivity index (χ2v) is 6.68. The van der Waals surface area contributed by atoms with Crippen LogP contribution in [0.3, 0.4) is 0 Å². The highest BCUT2D eigenvalue weighted by atomic mass is 16.3. The quantitative estimate of drug-likeness (QED) is 0.913. The normalized spacial score (nSPS) is 19.7. The lowest BCUT2D eigenvalue weighted by Gasteiger charge is -2.39. The molecule has 2 rings (SSSR count). The molecule has 1 aromatic rings. The molecule has 0 unspecified atom stereocenters. The zero-order valence-electron chi connectivity index (χ0n) is 12.9. The summed E-state index contributed by atoms with van der Waals surface area (Å²) in [4.78, 5) is 2.32. The van der Waals surface area contributed by atoms with Crippen molar-refractivity contribution < 1.29 is 5.11 Å². The first-order chi connectivity index (χ1) is 8.85. The minimum Gasteiger partial charge on any atom is -0.391 e. The van der Waals surface area contributed by atoms with E-state index in [2.05, 4.69) is 30.9 Å². The third-order valence-corrected chi connectivity index (χ3v) is 4.66. The Labute approximate surface area is 116 Å². The van der Waals surface area contributed by atoms with Crippen molar-refractivity contribution in [2.75, 3.05) is 11.9 Å². The van der Waals surface area contributed by atoms with Gasteiger partial charge in [0, 0.05) is 25.7 Å². The van der Waals surface area contributed by atoms with E-state index in [0.29, 0.717) is 11.5 Å². The van der Waals surface area contributed by atoms with Crippen molar-refractivity contribution in [3.8, 4) is 0 Å². The summed E-state index contributed by atoms with van der Waals surface area (Å²) >= 11 is 0. The predicted octanol–water partition coefficient (Wildman–Crippen LogP) is 2.63. The number of rotatable bonds is 3. The van der Waals surface area contributed by atoms with E-state index in [4.69, 9.17) is 0 Å². The summed E-state index contributed by atoms with van der Waals surface area (Å²) in [5.41, 5.74) is 2.39. The van der Waals surface area contributed by atoms with E-state index >= 15 is 0 Å². The van der Waals surface area contributed by atoms with Gasteiger partial charge in [0.25, 0.3) is 0 Å². The topological polar surface area (TPSA) is 41.3 Å². The van der Waals surface area contributed by atoms with E-state index < -0.39 is 0 Å². The number of aliphatic hydroxyl groups is 1. The second kappa shape index (κ2) is 5.16. The Morgan fingerprint density at radius 3 is 2.47 bits per heavy atom. The molecule has 0 atom stereocenters. The molecule has 0 aliphatic heterocycles. The molecule has 1 heterocycles. The van der Waals surface area contributed by atoms with Gasteiger partial charge in [-0.25, -0.2) is 0 Å². The third-order valence-electron chi connectivity index (χ3n) is 4.66. The molecule has 1 fully saturated rings. The van der Waals surface area contributed by atoms with Crippen molar-refractivity contribution in [3.05, 3.63) is 11.3 Å². The fourth-order valence-corrected chi connectivity index (χ4v) is 3.26. The van der Waals surface area contributed by atoms with Crippen molar-refractivity contribution in [1.82, 2.24) is 9.78 Å². The van der Waals surface area contributed by atoms with Crippen LogP contribution < -0.4 is 4.90 Å². The maximum atomic E-state index is 9.56. The highest BCUT2D eigenvalue weighted by molar-refractivity contribution is 5.50. The fraction of sp³-hybridized carbons (Fsp3) is 0.800. The van der Waals surface area contributed by atoms with Crippen LogP contribution in [0.2, 0.25) is 0 Å². The summed E-state index contributed by atoms with van der Waals surface area (Å²) < 4.78 is 1.90. The zero-order valence-corrected chi connectivity index (χ0v) is 12.9. The summed E-state index contributed by atoms with van der Waals surface area (Å²) in [5.74, 6) is 1.07. The molecule has 0 spiro atoms. The van der Waals surface area contributed by atoms with Crippen LogP contribution >= 0.6 is 0 Å². The number of aliphatic hydroxyl groups excluding tert-OH is 1. The van der Waals surface area contributed by atoms with E-state index in [9.17, 15) is 5.11 Å². The number of aryl methyl sites for hydroxylation is 2. The molecule has 4 heteroatoms. The number of hydrogen-bond acceptors (Lipinski definition) is 3. The van der Waals surface area contributed by atoms with Crippen LogP contribution in [0.4, 0.5) is 5.82 Å². The van der Waals surface area contributed by atoms with Crippen molar-refractivity contribution in [2.45, 2.75) is 59.1 Å². The van der Waals surface area contributed by atoms with Gasteiger partial charge in [0.05, 0.1) is 12.3 Å². The minimum absolute atomic E-state index is 0.0670. The van der Waals surface area contributed by atoms with Crippen LogP contribution in [0.1, 0.15) is 50.8 Å². The Hall–Kier alpha value is -1.03. The highest BCUT2D eigenvalue weighted by Gasteiger charge is 2.30. The zero-order chi connectivity index (χ0) is 14.2. The molecular weight excluding hydrogens is 238 g/mol. The van der Waals surface area contributed by atoms with Crippen molar-refractivity contribution in [1.29, 1.82) is 0 Å². The monoisotopic (exact) mass is 265 g/mol. The van der Waals surface area contributed by atoms with Gasteiger partial charge >= 0.3 is 0 Å². The van der Waals surface area contributed by atoms with E-state index in [0.717, 1.165) is 17.1 Å². The molecule has 1 aromatic heterocycles. The number of hydrogen-bond donors (Lipinski definition) is 1. The standard InChI is InChI=1S/C15H27N3O/c1-11-13(10-19)14(18(5)16-11)17(4)12-6-8-15(2,3)9-7-12/h12,19H,6-10H2,1-5H3. The third kappa shape index (κ3) is 2.78. The van der Waals surface area contributed by atoms with E-state index in [1.807, 2.05) is 18.7 Å². The first-order valence-corrected chi connectivity index (χ1v) is 7.22. The van der Waals surface area contributed by atoms with Gasteiger partial charge in [-0.3, -0.25) is 4.68 Å². The van der Waals surface area contributed by atoms with Crippen LogP contribution in [0, 0.1) is 12.3 Å². The van der Waals surface area contributed by atoms with Gasteiger partial charge in [-0.15, -0.1) is 0 Å². The maximum Gasteiger partial charge on any atom is 0.132 e. The highest BCUT2D eigenvalue weighted by Crippen LogP contribution is 2.38. The molecule has 19 heavy (non-hydrogen) atoms. The van der Waals surface area contributed by atoms with Gasteiger partial charge in [0.1, 0.15) is 5.82 Å². The molecule has 4 nitrogen and oxygen atoms in total. The smallest absolute Gasteiger partial charge is 0.132 e. The van der Waals surface area contributed by atoms with Gasteiger partial charge < -0.3 is 10.0 Å². The largest absolute Gasteiger partial charge is 0.391 e. The Balaban J connectivity index is 2.19. The van der Waals surface area contributed by atoms with E-state index in [-0.39, 0.29) is 6.61 Å². The lowest BCUT2D eigenvalue weighted by molar-refractivity contribution is 0.221. The van der Waals surface area contributed by atoms with Crippen molar-refractivity contribution >= 4 is 5.82 Å². The van der Waals surface area contributed by atoms with Gasteiger partial charge in [0.15, 0.2) is 0 Å². The molecular formula is C15H27N3O. The number of nitrogens with zero attached hydrogens (tertiary/aromatic N) is 3. The molecule has 1 saturated carbocycles. The SMILES string of the molecule is Cc1nn(C)c(N(C)C2CCC(C)(C)CC2)c1CO. The molecule has 0 radical (unpaired) electrons. The second-order valence-electron chi connectivity index (χ2n) is 6.68. The molecule has 1 aliphatic rings. The van der Waals surface area contributed by atoms with Gasteiger partial charge in [-0.1, -0.05) is 13.8 Å². The van der Waals surface area contributed by atoms with Crippen molar-refractivity contribution in [2.24, 2.45) is 12.5 Å². The van der Waals surface area contributed by atoms with Gasteiger partial charge in [-0.2, -0.15) is 5.10 Å². The molecule has 0 saturated heterocycles. The summed E-state index contributed by atoms with van der Waals surface area (Å²) in [6, 6.07) is 0.563. The molecule has 0 amide bonds. The lowest BCUT2D eigenvalue weighted by Crippen LogP contribution is -2.38. The average molecular weight is 265 g/mol. The van der Waals surface area contributed by atoms with E-state index in [1.165, 1.54) is 25.7 Å². The van der Waals surface area contributed by atoms with Gasteiger partial charge in [0.2, 0.25) is 0 Å². The van der Waals surface area contributed by atoms with Crippen molar-refractivity contribution in [3.63, 3.8) is 0 Å². The fourth-order valence-electron chi connectivity index (χ4n) is 3.26. The number of aromatic nitrogens is 2. The van der Waals surface area contributed by atoms with Gasteiger partial charge in [-0.05, 0) is 38.0 Å². The summed E-state index contributed by atoms with van der Waals surface area (Å²) in [6.45, 7) is 6.75. The average Bonchev–Trinajstić information content (AvgIpc) is 2.62. The van der Waals surface area contributed by atoms with Crippen LogP contribution in [0.5, 0.6) is 0 Å². The summed E-state index contributed by atoms with van der Waals surface area (Å²) in [7, 11) is 4.10.